The molecule has 0 aromatic rings. The number of aliphatic imine (C=N–C) groups is 2. The van der Waals surface area contributed by atoms with Crippen molar-refractivity contribution in [2.75, 3.05) is 0 Å². The van der Waals surface area contributed by atoms with E-state index < -0.39 is 0 Å². The molecule has 0 aliphatic carbocycles. The van der Waals surface area contributed by atoms with Crippen molar-refractivity contribution in [1.82, 2.24) is 0 Å². The van der Waals surface area contributed by atoms with E-state index in [9.17, 15) is 0 Å². The van der Waals surface area contributed by atoms with E-state index in [4.69, 9.17) is 0 Å². The van der Waals surface area contributed by atoms with Gasteiger partial charge in [0.05, 0.1) is 10.8 Å². The molecular weight excluding hydrogens is 260 g/mol. The second-order valence-corrected chi connectivity index (χ2v) is 3.00. The molecule has 0 fully saturated rings. The van der Waals surface area contributed by atoms with Crippen molar-refractivity contribution in [3.05, 3.63) is 24.0 Å². The second kappa shape index (κ2) is 5.56. The molecule has 0 saturated heterocycles. The summed E-state index contributed by atoms with van der Waals surface area (Å²) in [7, 11) is 0. The standard InChI is InChI=1S/C6H6Br2N2/c1-3-9-4-6(8)10-5(2)7/h3-4H,1-2H2. The molecule has 0 heterocycles. The van der Waals surface area contributed by atoms with Gasteiger partial charge >= 0.3 is 0 Å². The molecule has 0 spiro atoms. The van der Waals surface area contributed by atoms with E-state index in [1.807, 2.05) is 0 Å². The van der Waals surface area contributed by atoms with Crippen LogP contribution >= 0.6 is 31.9 Å². The van der Waals surface area contributed by atoms with Gasteiger partial charge in [0.2, 0.25) is 0 Å². The maximum Gasteiger partial charge on any atom is 0.125 e. The quantitative estimate of drug-likeness (QED) is 0.554. The van der Waals surface area contributed by atoms with Crippen LogP contribution < -0.4 is 0 Å². The van der Waals surface area contributed by atoms with Gasteiger partial charge in [0.25, 0.3) is 0 Å². The fraction of sp³-hybridized carbons (Fsp3) is 0. The van der Waals surface area contributed by atoms with Gasteiger partial charge < -0.3 is 0 Å². The molecule has 0 radical (unpaired) electrons. The van der Waals surface area contributed by atoms with Crippen molar-refractivity contribution in [2.24, 2.45) is 9.98 Å². The van der Waals surface area contributed by atoms with Crippen molar-refractivity contribution in [2.45, 2.75) is 0 Å². The largest absolute Gasteiger partial charge is 0.263 e. The molecule has 0 aromatic heterocycles. The summed E-state index contributed by atoms with van der Waals surface area (Å²) in [6.45, 7) is 6.92. The van der Waals surface area contributed by atoms with Crippen molar-refractivity contribution >= 4 is 42.7 Å². The van der Waals surface area contributed by atoms with E-state index in [0.717, 1.165) is 0 Å². The molecule has 0 unspecified atom stereocenters. The lowest BCUT2D eigenvalue weighted by Gasteiger charge is -1.85. The van der Waals surface area contributed by atoms with Crippen LogP contribution in [0.1, 0.15) is 0 Å². The lowest BCUT2D eigenvalue weighted by atomic mass is 10.8. The Morgan fingerprint density at radius 3 is 2.40 bits per heavy atom. The van der Waals surface area contributed by atoms with Crippen molar-refractivity contribution in [3.8, 4) is 0 Å². The summed E-state index contributed by atoms with van der Waals surface area (Å²) >= 11 is 6.21. The maximum atomic E-state index is 3.87. The Bertz CT molecular complexity index is 194. The predicted octanol–water partition coefficient (Wildman–Crippen LogP) is 2.86. The third-order valence-electron chi connectivity index (χ3n) is 0.515. The summed E-state index contributed by atoms with van der Waals surface area (Å²) in [6.07, 6.45) is 2.95. The Labute approximate surface area is 76.7 Å². The van der Waals surface area contributed by atoms with Crippen LogP contribution in [0.3, 0.4) is 0 Å². The minimum atomic E-state index is 0.551. The fourth-order valence-electron chi connectivity index (χ4n) is 0.259. The van der Waals surface area contributed by atoms with Gasteiger partial charge in [-0.1, -0.05) is 13.2 Å². The Kier molecular flexibility index (Phi) is 5.43. The topological polar surface area (TPSA) is 24.7 Å². The van der Waals surface area contributed by atoms with Crippen LogP contribution in [0.25, 0.3) is 0 Å². The summed E-state index contributed by atoms with van der Waals surface area (Å²) in [5, 5.41) is 0. The van der Waals surface area contributed by atoms with Crippen LogP contribution in [-0.4, -0.2) is 10.8 Å². The molecule has 0 aliphatic rings. The first-order valence-electron chi connectivity index (χ1n) is 2.39. The lowest BCUT2D eigenvalue weighted by molar-refractivity contribution is 1.58. The average molecular weight is 266 g/mol. The molecule has 0 N–H and O–H groups in total. The first kappa shape index (κ1) is 9.78. The zero-order valence-electron chi connectivity index (χ0n) is 5.22. The van der Waals surface area contributed by atoms with E-state index in [2.05, 4.69) is 55.0 Å². The van der Waals surface area contributed by atoms with E-state index in [1.165, 1.54) is 12.4 Å². The molecule has 0 aliphatic heterocycles. The third kappa shape index (κ3) is 5.91. The van der Waals surface area contributed by atoms with Gasteiger partial charge in [-0.2, -0.15) is 0 Å². The summed E-state index contributed by atoms with van der Waals surface area (Å²) in [6, 6.07) is 0. The van der Waals surface area contributed by atoms with Gasteiger partial charge in [-0.25, -0.2) is 4.99 Å². The Hall–Kier alpha value is -0.220. The molecule has 4 heteroatoms. The highest BCUT2D eigenvalue weighted by Crippen LogP contribution is 2.03. The first-order valence-corrected chi connectivity index (χ1v) is 3.98. The van der Waals surface area contributed by atoms with Gasteiger partial charge in [0.15, 0.2) is 0 Å². The molecule has 2 nitrogen and oxygen atoms in total. The minimum Gasteiger partial charge on any atom is -0.263 e. The Balaban J connectivity index is 4.06. The van der Waals surface area contributed by atoms with Crippen molar-refractivity contribution in [1.29, 1.82) is 0 Å². The van der Waals surface area contributed by atoms with Crippen LogP contribution in [0.5, 0.6) is 0 Å². The van der Waals surface area contributed by atoms with Crippen molar-refractivity contribution in [3.63, 3.8) is 0 Å². The van der Waals surface area contributed by atoms with Crippen molar-refractivity contribution < 1.29 is 0 Å². The molecule has 0 bridgehead atoms. The van der Waals surface area contributed by atoms with Gasteiger partial charge in [-0.3, -0.25) is 4.99 Å². The van der Waals surface area contributed by atoms with Crippen LogP contribution in [0.2, 0.25) is 0 Å². The molecule has 10 heavy (non-hydrogen) atoms. The average Bonchev–Trinajstić information content (AvgIpc) is 1.82. The van der Waals surface area contributed by atoms with Gasteiger partial charge in [-0.15, -0.1) is 0 Å². The van der Waals surface area contributed by atoms with E-state index in [1.54, 1.807) is 0 Å². The summed E-state index contributed by atoms with van der Waals surface area (Å²) in [5.74, 6) is 0. The van der Waals surface area contributed by atoms with Gasteiger partial charge in [-0.05, 0) is 31.9 Å². The number of hydrogen-bond acceptors (Lipinski definition) is 2. The first-order chi connectivity index (χ1) is 4.66. The number of rotatable bonds is 3. The van der Waals surface area contributed by atoms with E-state index in [0.29, 0.717) is 9.23 Å². The predicted molar refractivity (Wildman–Crippen MR) is 53.1 cm³/mol. The van der Waals surface area contributed by atoms with Crippen LogP contribution in [0, 0.1) is 0 Å². The summed E-state index contributed by atoms with van der Waals surface area (Å²) < 4.78 is 1.16. The van der Waals surface area contributed by atoms with Gasteiger partial charge in [0, 0.05) is 6.20 Å². The fourth-order valence-corrected chi connectivity index (χ4v) is 1.02. The highest BCUT2D eigenvalue weighted by molar-refractivity contribution is 9.19. The molecule has 0 atom stereocenters. The highest BCUT2D eigenvalue weighted by atomic mass is 79.9. The molecular formula is C6H6Br2N2. The molecule has 0 saturated carbocycles. The number of halogens is 2. The zero-order valence-corrected chi connectivity index (χ0v) is 8.39. The molecule has 0 amide bonds. The minimum absolute atomic E-state index is 0.551. The normalized spacial score (nSPS) is 12.0. The number of nitrogens with zero attached hydrogens (tertiary/aromatic N) is 2. The molecule has 0 rings (SSSR count). The van der Waals surface area contributed by atoms with Crippen LogP contribution in [0.4, 0.5) is 0 Å². The monoisotopic (exact) mass is 264 g/mol. The van der Waals surface area contributed by atoms with E-state index >= 15 is 0 Å². The third-order valence-corrected chi connectivity index (χ3v) is 1.07. The van der Waals surface area contributed by atoms with Gasteiger partial charge in [0.1, 0.15) is 4.62 Å². The molecule has 0 aromatic carbocycles. The Morgan fingerprint density at radius 1 is 1.40 bits per heavy atom. The van der Waals surface area contributed by atoms with Crippen LogP contribution in [0.15, 0.2) is 33.9 Å². The SMILES string of the molecule is C=CN=CC(Br)=NC(=C)Br. The summed E-state index contributed by atoms with van der Waals surface area (Å²) in [4.78, 5) is 7.60. The van der Waals surface area contributed by atoms with E-state index in [-0.39, 0.29) is 0 Å². The zero-order chi connectivity index (χ0) is 7.98. The molecule has 54 valence electrons. The summed E-state index contributed by atoms with van der Waals surface area (Å²) in [5.41, 5.74) is 0. The highest BCUT2D eigenvalue weighted by Gasteiger charge is 1.85. The number of hydrogen-bond donors (Lipinski definition) is 0. The smallest absolute Gasteiger partial charge is 0.125 e. The Morgan fingerprint density at radius 2 is 2.00 bits per heavy atom. The second-order valence-electron chi connectivity index (χ2n) is 1.27. The lowest BCUT2D eigenvalue weighted by Crippen LogP contribution is -1.85. The maximum absolute atomic E-state index is 3.87. The van der Waals surface area contributed by atoms with Crippen LogP contribution in [-0.2, 0) is 0 Å².